The number of benzene rings is 2. The highest BCUT2D eigenvalue weighted by molar-refractivity contribution is 7.93. The lowest BCUT2D eigenvalue weighted by molar-refractivity contribution is -0.384. The summed E-state index contributed by atoms with van der Waals surface area (Å²) in [6.45, 7) is 0. The van der Waals surface area contributed by atoms with Crippen molar-refractivity contribution < 1.29 is 13.3 Å². The van der Waals surface area contributed by atoms with Crippen molar-refractivity contribution in [2.75, 3.05) is 0 Å². The number of hydrogen-bond donors (Lipinski definition) is 0. The fraction of sp³-hybridized carbons (Fsp3) is 0. The second-order valence-electron chi connectivity index (χ2n) is 5.34. The Labute approximate surface area is 151 Å². The molecule has 0 aliphatic rings. The van der Waals surface area contributed by atoms with Gasteiger partial charge in [0.15, 0.2) is 0 Å². The SMILES string of the molecule is O=[N+]([O-])c1ccc(S(=O)(=O)c2nn3cc(-c4ccccc4)nc3s2)cc1. The van der Waals surface area contributed by atoms with Crippen LogP contribution in [0.3, 0.4) is 0 Å². The highest BCUT2D eigenvalue weighted by Gasteiger charge is 2.24. The van der Waals surface area contributed by atoms with Gasteiger partial charge in [-0.15, -0.1) is 5.10 Å². The molecule has 0 unspecified atom stereocenters. The minimum atomic E-state index is -3.87. The Morgan fingerprint density at radius 1 is 1.04 bits per heavy atom. The Bertz CT molecular complexity index is 1180. The minimum absolute atomic E-state index is 0.0524. The molecule has 0 fully saturated rings. The summed E-state index contributed by atoms with van der Waals surface area (Å²) in [5, 5.41) is 14.8. The molecule has 0 amide bonds. The Hall–Kier alpha value is -3.11. The van der Waals surface area contributed by atoms with Crippen molar-refractivity contribution in [1.29, 1.82) is 0 Å². The number of imidazole rings is 1. The number of non-ortho nitro benzene ring substituents is 1. The van der Waals surface area contributed by atoms with Crippen LogP contribution < -0.4 is 0 Å². The van der Waals surface area contributed by atoms with Gasteiger partial charge in [0.05, 0.1) is 21.7 Å². The van der Waals surface area contributed by atoms with Gasteiger partial charge in [-0.2, -0.15) is 0 Å². The van der Waals surface area contributed by atoms with Gasteiger partial charge in [-0.1, -0.05) is 41.7 Å². The van der Waals surface area contributed by atoms with E-state index in [9.17, 15) is 18.5 Å². The standard InChI is InChI=1S/C16H10N4O4S2/c21-20(22)12-6-8-13(9-7-12)26(23,24)16-18-19-10-14(17-15(19)25-16)11-4-2-1-3-5-11/h1-10H. The van der Waals surface area contributed by atoms with Gasteiger partial charge in [0, 0.05) is 17.7 Å². The summed E-state index contributed by atoms with van der Waals surface area (Å²) in [5.74, 6) is 0. The highest BCUT2D eigenvalue weighted by Crippen LogP contribution is 2.28. The zero-order chi connectivity index (χ0) is 18.3. The van der Waals surface area contributed by atoms with E-state index in [1.165, 1.54) is 16.6 Å². The Morgan fingerprint density at radius 2 is 1.73 bits per heavy atom. The summed E-state index contributed by atoms with van der Waals surface area (Å²) in [4.78, 5) is 14.9. The van der Waals surface area contributed by atoms with Crippen LogP contribution in [0.25, 0.3) is 16.2 Å². The number of nitrogens with zero attached hydrogens (tertiary/aromatic N) is 4. The van der Waals surface area contributed by atoms with Gasteiger partial charge in [-0.05, 0) is 12.1 Å². The topological polar surface area (TPSA) is 107 Å². The molecule has 0 aliphatic carbocycles. The third-order valence-corrected chi connectivity index (χ3v) is 6.74. The molecule has 2 aromatic heterocycles. The molecular formula is C16H10N4O4S2. The second kappa shape index (κ2) is 6.00. The summed E-state index contributed by atoms with van der Waals surface area (Å²) in [5.41, 5.74) is 1.43. The van der Waals surface area contributed by atoms with E-state index in [-0.39, 0.29) is 14.9 Å². The fourth-order valence-electron chi connectivity index (χ4n) is 2.39. The molecule has 8 nitrogen and oxygen atoms in total. The molecule has 0 saturated heterocycles. The molecule has 0 spiro atoms. The molecule has 4 aromatic rings. The van der Waals surface area contributed by atoms with E-state index in [2.05, 4.69) is 10.1 Å². The van der Waals surface area contributed by atoms with E-state index in [4.69, 9.17) is 0 Å². The van der Waals surface area contributed by atoms with Crippen molar-refractivity contribution in [3.8, 4) is 11.3 Å². The first-order chi connectivity index (χ1) is 12.4. The molecule has 0 N–H and O–H groups in total. The van der Waals surface area contributed by atoms with Crippen LogP contribution in [0, 0.1) is 10.1 Å². The maximum absolute atomic E-state index is 12.7. The summed E-state index contributed by atoms with van der Waals surface area (Å²) in [6, 6.07) is 14.2. The Morgan fingerprint density at radius 3 is 2.35 bits per heavy atom. The van der Waals surface area contributed by atoms with Gasteiger partial charge in [0.1, 0.15) is 0 Å². The molecule has 2 aromatic carbocycles. The maximum Gasteiger partial charge on any atom is 0.269 e. The molecule has 10 heteroatoms. The van der Waals surface area contributed by atoms with Gasteiger partial charge < -0.3 is 0 Å². The molecule has 0 aliphatic heterocycles. The van der Waals surface area contributed by atoms with Crippen molar-refractivity contribution in [3.05, 3.63) is 70.9 Å². The number of sulfone groups is 1. The van der Waals surface area contributed by atoms with Gasteiger partial charge >= 0.3 is 0 Å². The van der Waals surface area contributed by atoms with Crippen molar-refractivity contribution in [3.63, 3.8) is 0 Å². The van der Waals surface area contributed by atoms with E-state index < -0.39 is 14.8 Å². The lowest BCUT2D eigenvalue weighted by Gasteiger charge is -1.99. The summed E-state index contributed by atoms with van der Waals surface area (Å²) >= 11 is 0.944. The van der Waals surface area contributed by atoms with E-state index in [0.717, 1.165) is 29.0 Å². The largest absolute Gasteiger partial charge is 0.269 e. The van der Waals surface area contributed by atoms with Crippen molar-refractivity contribution >= 4 is 31.8 Å². The molecule has 4 rings (SSSR count). The molecule has 0 bridgehead atoms. The number of hydrogen-bond acceptors (Lipinski definition) is 7. The smallest absolute Gasteiger partial charge is 0.258 e. The predicted molar refractivity (Wildman–Crippen MR) is 94.8 cm³/mol. The maximum atomic E-state index is 12.7. The van der Waals surface area contributed by atoms with Crippen molar-refractivity contribution in [2.24, 2.45) is 0 Å². The van der Waals surface area contributed by atoms with Gasteiger partial charge in [0.2, 0.25) is 19.1 Å². The molecule has 0 saturated carbocycles. The lowest BCUT2D eigenvalue weighted by Crippen LogP contribution is -2.02. The zero-order valence-corrected chi connectivity index (χ0v) is 14.6. The lowest BCUT2D eigenvalue weighted by atomic mass is 10.2. The van der Waals surface area contributed by atoms with E-state index >= 15 is 0 Å². The van der Waals surface area contributed by atoms with Gasteiger partial charge in [-0.25, -0.2) is 17.9 Å². The third kappa shape index (κ3) is 2.74. The fourth-order valence-corrected chi connectivity index (χ4v) is 4.84. The van der Waals surface area contributed by atoms with Crippen LogP contribution in [0.5, 0.6) is 0 Å². The first-order valence-electron chi connectivity index (χ1n) is 7.36. The highest BCUT2D eigenvalue weighted by atomic mass is 32.2. The minimum Gasteiger partial charge on any atom is -0.258 e. The zero-order valence-electron chi connectivity index (χ0n) is 13.0. The van der Waals surface area contributed by atoms with E-state index in [1.807, 2.05) is 30.3 Å². The molecule has 0 radical (unpaired) electrons. The van der Waals surface area contributed by atoms with E-state index in [1.54, 1.807) is 6.20 Å². The first kappa shape index (κ1) is 16.4. The number of nitro benzene ring substituents is 1. The van der Waals surface area contributed by atoms with Crippen LogP contribution in [0.2, 0.25) is 0 Å². The van der Waals surface area contributed by atoms with Crippen molar-refractivity contribution in [1.82, 2.24) is 14.6 Å². The molecule has 0 atom stereocenters. The van der Waals surface area contributed by atoms with Crippen LogP contribution in [0.1, 0.15) is 0 Å². The molecule has 130 valence electrons. The number of aromatic nitrogens is 3. The number of fused-ring (bicyclic) bond motifs is 1. The predicted octanol–water partition coefficient (Wildman–Crippen LogP) is 3.20. The number of rotatable bonds is 4. The van der Waals surface area contributed by atoms with Crippen LogP contribution in [0.15, 0.2) is 70.0 Å². The molecular weight excluding hydrogens is 376 g/mol. The second-order valence-corrected chi connectivity index (χ2v) is 8.42. The van der Waals surface area contributed by atoms with Crippen LogP contribution in [-0.4, -0.2) is 27.9 Å². The number of nitro groups is 1. The van der Waals surface area contributed by atoms with Crippen LogP contribution in [-0.2, 0) is 9.84 Å². The van der Waals surface area contributed by atoms with Crippen molar-refractivity contribution in [2.45, 2.75) is 9.24 Å². The van der Waals surface area contributed by atoms with Crippen LogP contribution in [0.4, 0.5) is 5.69 Å². The summed E-state index contributed by atoms with van der Waals surface area (Å²) < 4.78 is 26.7. The monoisotopic (exact) mass is 386 g/mol. The Balaban J connectivity index is 1.72. The summed E-state index contributed by atoms with van der Waals surface area (Å²) in [6.07, 6.45) is 1.66. The normalized spacial score (nSPS) is 11.7. The van der Waals surface area contributed by atoms with Crippen LogP contribution >= 0.6 is 11.3 Å². The average molecular weight is 386 g/mol. The Kier molecular flexibility index (Phi) is 3.78. The third-order valence-electron chi connectivity index (χ3n) is 3.68. The first-order valence-corrected chi connectivity index (χ1v) is 9.66. The van der Waals surface area contributed by atoms with E-state index in [0.29, 0.717) is 10.7 Å². The molecule has 26 heavy (non-hydrogen) atoms. The van der Waals surface area contributed by atoms with Gasteiger partial charge in [-0.3, -0.25) is 10.1 Å². The molecule has 2 heterocycles. The van der Waals surface area contributed by atoms with Gasteiger partial charge in [0.25, 0.3) is 5.69 Å². The quantitative estimate of drug-likeness (QED) is 0.394. The average Bonchev–Trinajstić information content (AvgIpc) is 3.22. The summed E-state index contributed by atoms with van der Waals surface area (Å²) in [7, 11) is -3.87.